The maximum Gasteiger partial charge on any atom is 0.472 e. The monoisotopic (exact) mass is 685 g/mol. The van der Waals surface area contributed by atoms with Crippen LogP contribution in [0.5, 0.6) is 0 Å². The molecule has 46 heavy (non-hydrogen) atoms. The summed E-state index contributed by atoms with van der Waals surface area (Å²) in [4.78, 5) is 52.5. The van der Waals surface area contributed by atoms with Crippen LogP contribution in [0.4, 0.5) is 11.8 Å². The summed E-state index contributed by atoms with van der Waals surface area (Å²) in [5.41, 5.74) is 11.9. The molecule has 6 unspecified atom stereocenters. The lowest BCUT2D eigenvalue weighted by molar-refractivity contribution is -0.0551. The molecule has 6 heterocycles. The van der Waals surface area contributed by atoms with Crippen molar-refractivity contribution in [3.8, 4) is 0 Å². The Labute approximate surface area is 257 Å². The second-order valence-corrected chi connectivity index (χ2v) is 14.0. The highest BCUT2D eigenvalue weighted by Crippen LogP contribution is 2.55. The molecule has 0 spiro atoms. The molecule has 248 valence electrons. The molecule has 23 heteroatoms. The van der Waals surface area contributed by atoms with Gasteiger partial charge in [-0.25, -0.2) is 24.1 Å². The van der Waals surface area contributed by atoms with Crippen LogP contribution in [0.1, 0.15) is 24.3 Å². The summed E-state index contributed by atoms with van der Waals surface area (Å²) in [5.74, 6) is -1.02. The molecule has 2 saturated heterocycles. The number of nitrogen functional groups attached to an aromatic ring is 2. The van der Waals surface area contributed by atoms with Gasteiger partial charge >= 0.3 is 15.6 Å². The number of aliphatic hydroxyl groups excluding tert-OH is 2. The smallest absolute Gasteiger partial charge is 0.390 e. The van der Waals surface area contributed by atoms with Gasteiger partial charge in [0.05, 0.1) is 37.1 Å². The molecule has 3 aliphatic rings. The molecule has 9 N–H and O–H groups in total. The zero-order valence-electron chi connectivity index (χ0n) is 23.8. The van der Waals surface area contributed by atoms with E-state index >= 15 is 0 Å². The van der Waals surface area contributed by atoms with E-state index in [1.807, 2.05) is 0 Å². The van der Waals surface area contributed by atoms with Crippen molar-refractivity contribution in [1.82, 2.24) is 34.1 Å². The normalized spacial score (nSPS) is 37.2. The van der Waals surface area contributed by atoms with Crippen molar-refractivity contribution in [1.29, 1.82) is 0 Å². The molecule has 2 bridgehead atoms. The van der Waals surface area contributed by atoms with Gasteiger partial charge in [-0.15, -0.1) is 0 Å². The number of phosphoric ester groups is 2. The number of nitrogens with two attached hydrogens (primary N) is 2. The quantitative estimate of drug-likeness (QED) is 0.127. The van der Waals surface area contributed by atoms with Gasteiger partial charge in [0.2, 0.25) is 5.95 Å². The van der Waals surface area contributed by atoms with E-state index in [0.717, 1.165) is 0 Å². The molecule has 0 amide bonds. The molecule has 2 aliphatic heterocycles. The second-order valence-electron chi connectivity index (χ2n) is 11.2. The van der Waals surface area contributed by atoms with Gasteiger partial charge in [0.15, 0.2) is 17.4 Å². The van der Waals surface area contributed by atoms with E-state index in [4.69, 9.17) is 34.3 Å². The summed E-state index contributed by atoms with van der Waals surface area (Å²) in [5, 5.41) is 22.9. The van der Waals surface area contributed by atoms with Crippen molar-refractivity contribution in [2.24, 2.45) is 5.92 Å². The summed E-state index contributed by atoms with van der Waals surface area (Å²) >= 11 is 0. The van der Waals surface area contributed by atoms with Crippen molar-refractivity contribution in [2.45, 2.75) is 56.1 Å². The Morgan fingerprint density at radius 1 is 0.978 bits per heavy atom. The number of hydrogen-bond acceptors (Lipinski definition) is 16. The van der Waals surface area contributed by atoms with E-state index in [0.29, 0.717) is 10.9 Å². The molecule has 4 aromatic heterocycles. The Balaban J connectivity index is 1.21. The van der Waals surface area contributed by atoms with Crippen molar-refractivity contribution in [3.05, 3.63) is 34.8 Å². The van der Waals surface area contributed by atoms with Crippen LogP contribution in [0.15, 0.2) is 23.6 Å². The van der Waals surface area contributed by atoms with Crippen LogP contribution >= 0.6 is 15.6 Å². The second kappa shape index (κ2) is 11.1. The lowest BCUT2D eigenvalue weighted by Gasteiger charge is -2.26. The average molecular weight is 685 g/mol. The Kier molecular flexibility index (Phi) is 7.57. The molecule has 21 nitrogen and oxygen atoms in total. The first-order valence-electron chi connectivity index (χ1n) is 13.9. The molecule has 4 aromatic rings. The number of nitrogens with zero attached hydrogens (tertiary/aromatic N) is 6. The number of aliphatic hydroxyl groups is 2. The summed E-state index contributed by atoms with van der Waals surface area (Å²) < 4.78 is 56.5. The lowest BCUT2D eigenvalue weighted by Crippen LogP contribution is -2.36. The Hall–Kier alpha value is -3.33. The predicted octanol–water partition coefficient (Wildman–Crippen LogP) is -0.764. The highest BCUT2D eigenvalue weighted by molar-refractivity contribution is 7.47. The standard InChI is InChI=1S/C23H29N9O12P2/c1-8-3-31(19-12(8)18(24)26-6-27-19)22-15(34)17-11(42-22)5-41-46(38,39)43-16-10(2-9(14(16)33)4-40-45(36,37)44-17)32-7-28-13-20(32)29-23(25)30-21(13)35/h3,6-7,9-11,14-17,22,33-34H,2,4-5H2,1H3,(H,36,37)(H,38,39)(H2,24,26,27)(H3,25,29,30,35)/t9-,10-,11-,14?,15?,16?,17?,22-/m1/s1. The van der Waals surface area contributed by atoms with Crippen LogP contribution in [-0.2, 0) is 32.0 Å². The van der Waals surface area contributed by atoms with Crippen LogP contribution in [0.25, 0.3) is 22.2 Å². The predicted molar refractivity (Wildman–Crippen MR) is 154 cm³/mol. The number of imidazole rings is 1. The number of aromatic nitrogens is 7. The molecule has 0 aromatic carbocycles. The fraction of sp³-hybridized carbons (Fsp3) is 0.522. The minimum atomic E-state index is -5.03. The van der Waals surface area contributed by atoms with Gasteiger partial charge in [-0.3, -0.25) is 27.9 Å². The van der Waals surface area contributed by atoms with Crippen molar-refractivity contribution < 1.29 is 52.0 Å². The fourth-order valence-electron chi connectivity index (χ4n) is 6.27. The van der Waals surface area contributed by atoms with E-state index in [1.54, 1.807) is 13.1 Å². The molecule has 1 aliphatic carbocycles. The number of aromatic amines is 1. The van der Waals surface area contributed by atoms with Crippen molar-refractivity contribution in [3.63, 3.8) is 0 Å². The number of ether oxygens (including phenoxy) is 1. The maximum absolute atomic E-state index is 13.3. The van der Waals surface area contributed by atoms with E-state index in [2.05, 4.69) is 24.9 Å². The van der Waals surface area contributed by atoms with Crippen molar-refractivity contribution in [2.75, 3.05) is 24.7 Å². The number of phosphoric acid groups is 2. The molecule has 1 saturated carbocycles. The number of anilines is 2. The lowest BCUT2D eigenvalue weighted by atomic mass is 10.1. The van der Waals surface area contributed by atoms with Crippen LogP contribution in [0.3, 0.4) is 0 Å². The van der Waals surface area contributed by atoms with Gasteiger partial charge < -0.3 is 45.3 Å². The summed E-state index contributed by atoms with van der Waals surface area (Å²) in [6.07, 6.45) is -5.03. The van der Waals surface area contributed by atoms with Gasteiger partial charge in [0, 0.05) is 12.1 Å². The van der Waals surface area contributed by atoms with Gasteiger partial charge in [-0.1, -0.05) is 0 Å². The van der Waals surface area contributed by atoms with Gasteiger partial charge in [-0.05, 0) is 18.9 Å². The van der Waals surface area contributed by atoms with Gasteiger partial charge in [0.25, 0.3) is 5.56 Å². The number of nitrogens with one attached hydrogen (secondary N) is 1. The van der Waals surface area contributed by atoms with E-state index in [-0.39, 0.29) is 35.0 Å². The molecule has 7 rings (SSSR count). The number of rotatable bonds is 2. The summed E-state index contributed by atoms with van der Waals surface area (Å²) in [7, 11) is -10.0. The number of aryl methyl sites for hydroxylation is 1. The molecular formula is C23H29N9O12P2. The average Bonchev–Trinajstić information content (AvgIpc) is 3.71. The molecule has 0 radical (unpaired) electrons. The minimum Gasteiger partial charge on any atom is -0.390 e. The highest BCUT2D eigenvalue weighted by atomic mass is 31.2. The van der Waals surface area contributed by atoms with E-state index in [1.165, 1.54) is 21.8 Å². The topological polar surface area (TPSA) is 308 Å². The number of hydrogen-bond donors (Lipinski definition) is 7. The first kappa shape index (κ1) is 31.3. The van der Waals surface area contributed by atoms with Crippen LogP contribution in [0, 0.1) is 12.8 Å². The summed E-state index contributed by atoms with van der Waals surface area (Å²) in [6, 6.07) is -0.991. The summed E-state index contributed by atoms with van der Waals surface area (Å²) in [6.45, 7) is 0.369. The molecule has 10 atom stereocenters. The van der Waals surface area contributed by atoms with Crippen LogP contribution < -0.4 is 17.0 Å². The van der Waals surface area contributed by atoms with E-state index < -0.39 is 83.1 Å². The molecular weight excluding hydrogens is 656 g/mol. The number of fused-ring (bicyclic) bond motifs is 5. The fourth-order valence-corrected chi connectivity index (χ4v) is 8.25. The van der Waals surface area contributed by atoms with E-state index in [9.17, 15) is 33.9 Å². The minimum absolute atomic E-state index is 0.00150. The SMILES string of the molecule is Cc1cn([C@@H]2O[C@@H]3COP(=O)(O)OC4C(O)[C@@H](COP(=O)(O)OC3C2O)C[C@H]4n2cnc3c(=O)[nH]c(N)nc32)c2ncnc(N)c12. The van der Waals surface area contributed by atoms with Gasteiger partial charge in [0.1, 0.15) is 42.2 Å². The highest BCUT2D eigenvalue weighted by Gasteiger charge is 2.53. The van der Waals surface area contributed by atoms with Crippen LogP contribution in [-0.4, -0.2) is 97.8 Å². The van der Waals surface area contributed by atoms with Crippen LogP contribution in [0.2, 0.25) is 0 Å². The third kappa shape index (κ3) is 5.32. The van der Waals surface area contributed by atoms with Gasteiger partial charge in [-0.2, -0.15) is 4.98 Å². The zero-order valence-corrected chi connectivity index (χ0v) is 25.5. The Morgan fingerprint density at radius 3 is 2.46 bits per heavy atom. The first-order valence-corrected chi connectivity index (χ1v) is 16.8. The number of H-pyrrole nitrogens is 1. The Bertz CT molecular complexity index is 1980. The maximum atomic E-state index is 13.3. The third-order valence-electron chi connectivity index (χ3n) is 8.33. The Morgan fingerprint density at radius 2 is 1.70 bits per heavy atom. The molecule has 3 fully saturated rings. The largest absolute Gasteiger partial charge is 0.472 e. The third-order valence-corrected chi connectivity index (χ3v) is 10.3. The van der Waals surface area contributed by atoms with Crippen molar-refractivity contribution >= 4 is 49.6 Å². The first-order chi connectivity index (χ1) is 21.7. The zero-order chi connectivity index (χ0) is 32.7.